The lowest BCUT2D eigenvalue weighted by atomic mass is 10.3. The first-order chi connectivity index (χ1) is 5.12. The van der Waals surface area contributed by atoms with Gasteiger partial charge < -0.3 is 0 Å². The molecule has 0 radical (unpaired) electrons. The molecule has 3 nitrogen and oxygen atoms in total. The van der Waals surface area contributed by atoms with E-state index in [-0.39, 0.29) is 6.61 Å². The second-order valence-electron chi connectivity index (χ2n) is 2.04. The van der Waals surface area contributed by atoms with Gasteiger partial charge in [0.05, 0.1) is 6.61 Å². The molecule has 1 unspecified atom stereocenters. The van der Waals surface area contributed by atoms with Gasteiger partial charge in [0, 0.05) is 0 Å². The molecule has 1 atom stereocenters. The molecule has 0 saturated heterocycles. The Bertz CT molecular complexity index is 144. The van der Waals surface area contributed by atoms with Crippen molar-refractivity contribution in [3.63, 3.8) is 0 Å². The van der Waals surface area contributed by atoms with Gasteiger partial charge in [-0.2, -0.15) is 0 Å². The molecule has 0 spiro atoms. The van der Waals surface area contributed by atoms with Crippen molar-refractivity contribution in [3.05, 3.63) is 0 Å². The van der Waals surface area contributed by atoms with Gasteiger partial charge in [0.25, 0.3) is 0 Å². The molecule has 0 aromatic carbocycles. The van der Waals surface area contributed by atoms with Crippen molar-refractivity contribution in [2.45, 2.75) is 26.2 Å². The molecule has 0 fully saturated rings. The lowest BCUT2D eigenvalue weighted by Gasteiger charge is -2.03. The Labute approximate surface area is 80.0 Å². The second kappa shape index (κ2) is 6.34. The van der Waals surface area contributed by atoms with Crippen LogP contribution >= 0.6 is 30.9 Å². The summed E-state index contributed by atoms with van der Waals surface area (Å²) in [6.45, 7) is 2.18. The van der Waals surface area contributed by atoms with Crippen LogP contribution in [0.4, 0.5) is 4.20 Å². The molecule has 0 heterocycles. The molecule has 0 aliphatic carbocycles. The van der Waals surface area contributed by atoms with E-state index in [1.54, 1.807) is 0 Å². The van der Waals surface area contributed by atoms with Gasteiger partial charge in [-0.05, 0) is 6.42 Å². The Morgan fingerprint density at radius 2 is 2.18 bits per heavy atom. The molecule has 11 heavy (non-hydrogen) atoms. The topological polar surface area (TPSA) is 35.5 Å². The summed E-state index contributed by atoms with van der Waals surface area (Å²) in [5.74, 6) is 0. The quantitative estimate of drug-likeness (QED) is 0.426. The number of unbranched alkanes of at least 4 members (excludes halogenated alkanes) is 2. The predicted molar refractivity (Wildman–Crippen MR) is 49.3 cm³/mol. The summed E-state index contributed by atoms with van der Waals surface area (Å²) in [5.41, 5.74) is 0. The minimum atomic E-state index is -4.23. The second-order valence-corrected chi connectivity index (χ2v) is 4.48. The van der Waals surface area contributed by atoms with Crippen molar-refractivity contribution < 1.29 is 16.1 Å². The van der Waals surface area contributed by atoms with Gasteiger partial charge in [-0.15, -0.1) is 4.20 Å². The molecule has 0 aliphatic heterocycles. The van der Waals surface area contributed by atoms with Crippen LogP contribution < -0.4 is 0 Å². The van der Waals surface area contributed by atoms with E-state index in [9.17, 15) is 8.76 Å². The van der Waals surface area contributed by atoms with E-state index in [1.165, 1.54) is 23.0 Å². The molecule has 0 saturated carbocycles. The van der Waals surface area contributed by atoms with Crippen molar-refractivity contribution in [1.29, 1.82) is 0 Å². The molecule has 0 rings (SSSR count). The summed E-state index contributed by atoms with van der Waals surface area (Å²) in [6, 6.07) is 0. The van der Waals surface area contributed by atoms with Gasteiger partial charge >= 0.3 is 7.91 Å². The molecule has 0 bridgehead atoms. The maximum absolute atomic E-state index is 12.4. The fourth-order valence-electron chi connectivity index (χ4n) is 0.546. The van der Waals surface area contributed by atoms with Gasteiger partial charge in [-0.1, -0.05) is 19.8 Å². The summed E-state index contributed by atoms with van der Waals surface area (Å²) in [5, 5.41) is 0. The number of hydrogen-bond acceptors (Lipinski definition) is 3. The Morgan fingerprint density at radius 3 is 2.64 bits per heavy atom. The molecule has 68 valence electrons. The van der Waals surface area contributed by atoms with Crippen molar-refractivity contribution >= 4 is 30.9 Å². The molecule has 0 N–H and O–H groups in total. The number of rotatable bonds is 6. The lowest BCUT2D eigenvalue weighted by Crippen LogP contribution is -1.89. The molecule has 0 amide bonds. The summed E-state index contributed by atoms with van der Waals surface area (Å²) >= 11 is 1.23. The standard InChI is InChI=1S/C5H11FIO3P/c1-2-3-4-5-9-11(6,8)10-7/h2-5H2,1H3. The van der Waals surface area contributed by atoms with Crippen LogP contribution in [0.2, 0.25) is 0 Å². The maximum atomic E-state index is 12.4. The summed E-state index contributed by atoms with van der Waals surface area (Å²) in [4.78, 5) is 0. The van der Waals surface area contributed by atoms with Crippen molar-refractivity contribution in [3.8, 4) is 0 Å². The molecule has 0 aromatic heterocycles. The highest BCUT2D eigenvalue weighted by Crippen LogP contribution is 2.51. The third-order valence-electron chi connectivity index (χ3n) is 1.08. The minimum absolute atomic E-state index is 0.157. The summed E-state index contributed by atoms with van der Waals surface area (Å²) in [6.07, 6.45) is 2.68. The number of halogens is 2. The van der Waals surface area contributed by atoms with E-state index in [0.717, 1.165) is 12.8 Å². The van der Waals surface area contributed by atoms with Gasteiger partial charge in [-0.25, -0.2) is 7.42 Å². The van der Waals surface area contributed by atoms with Crippen LogP contribution in [0.1, 0.15) is 26.2 Å². The zero-order valence-electron chi connectivity index (χ0n) is 6.26. The van der Waals surface area contributed by atoms with Crippen molar-refractivity contribution in [1.82, 2.24) is 0 Å². The first kappa shape index (κ1) is 11.8. The predicted octanol–water partition coefficient (Wildman–Crippen LogP) is 3.64. The van der Waals surface area contributed by atoms with Gasteiger partial charge in [0.2, 0.25) is 0 Å². The summed E-state index contributed by atoms with van der Waals surface area (Å²) in [7, 11) is -4.23. The summed E-state index contributed by atoms with van der Waals surface area (Å²) < 4.78 is 31.1. The largest absolute Gasteiger partial charge is 0.522 e. The van der Waals surface area contributed by atoms with Crippen LogP contribution in [-0.2, 0) is 11.9 Å². The monoisotopic (exact) mass is 296 g/mol. The van der Waals surface area contributed by atoms with Gasteiger partial charge in [0.1, 0.15) is 23.0 Å². The van der Waals surface area contributed by atoms with Crippen LogP contribution in [0.15, 0.2) is 0 Å². The Hall–Kier alpha value is 0.810. The zero-order valence-corrected chi connectivity index (χ0v) is 9.31. The smallest absolute Gasteiger partial charge is 0.283 e. The van der Waals surface area contributed by atoms with Crippen molar-refractivity contribution in [2.24, 2.45) is 0 Å². The van der Waals surface area contributed by atoms with Gasteiger partial charge in [-0.3, -0.25) is 4.52 Å². The van der Waals surface area contributed by atoms with Crippen LogP contribution in [0.3, 0.4) is 0 Å². The normalized spacial score (nSPS) is 16.3. The van der Waals surface area contributed by atoms with Crippen LogP contribution in [0.25, 0.3) is 0 Å². The minimum Gasteiger partial charge on any atom is -0.283 e. The zero-order chi connectivity index (χ0) is 8.74. The Morgan fingerprint density at radius 1 is 1.55 bits per heavy atom. The fraction of sp³-hybridized carbons (Fsp3) is 1.00. The highest BCUT2D eigenvalue weighted by atomic mass is 127. The van der Waals surface area contributed by atoms with Gasteiger partial charge in [0.15, 0.2) is 0 Å². The fourth-order valence-corrected chi connectivity index (χ4v) is 1.27. The lowest BCUT2D eigenvalue weighted by molar-refractivity contribution is 0.243. The van der Waals surface area contributed by atoms with Crippen LogP contribution in [0, 0.1) is 0 Å². The third kappa shape index (κ3) is 7.18. The van der Waals surface area contributed by atoms with E-state index >= 15 is 0 Å². The molecule has 0 aliphatic rings. The highest BCUT2D eigenvalue weighted by Gasteiger charge is 2.21. The van der Waals surface area contributed by atoms with Crippen LogP contribution in [-0.4, -0.2) is 6.61 Å². The highest BCUT2D eigenvalue weighted by molar-refractivity contribution is 14.1. The third-order valence-corrected chi connectivity index (χ3v) is 3.14. The molecular formula is C5H11FIO3P. The Balaban J connectivity index is 3.31. The van der Waals surface area contributed by atoms with Crippen LogP contribution in [0.5, 0.6) is 0 Å². The SMILES string of the molecule is CCCCCOP(=O)(F)OI. The Kier molecular flexibility index (Phi) is 6.81. The number of hydrogen-bond donors (Lipinski definition) is 0. The molecule has 0 aromatic rings. The van der Waals surface area contributed by atoms with E-state index in [0.29, 0.717) is 6.42 Å². The van der Waals surface area contributed by atoms with E-state index in [2.05, 4.69) is 7.38 Å². The van der Waals surface area contributed by atoms with E-state index < -0.39 is 7.91 Å². The average Bonchev–Trinajstić information content (AvgIpc) is 1.99. The molecule has 6 heteroatoms. The van der Waals surface area contributed by atoms with E-state index in [4.69, 9.17) is 0 Å². The first-order valence-corrected chi connectivity index (χ1v) is 5.68. The van der Waals surface area contributed by atoms with E-state index in [1.807, 2.05) is 6.92 Å². The first-order valence-electron chi connectivity index (χ1n) is 3.37. The maximum Gasteiger partial charge on any atom is 0.522 e. The van der Waals surface area contributed by atoms with Crippen molar-refractivity contribution in [2.75, 3.05) is 6.61 Å². The average molecular weight is 296 g/mol. The molecular weight excluding hydrogens is 285 g/mol.